The third-order valence-electron chi connectivity index (χ3n) is 8.11. The van der Waals surface area contributed by atoms with E-state index in [-0.39, 0.29) is 11.6 Å². The Morgan fingerprint density at radius 1 is 1.02 bits per heavy atom. The largest absolute Gasteiger partial charge is 0.497 e. The zero-order valence-corrected chi connectivity index (χ0v) is 23.5. The van der Waals surface area contributed by atoms with Crippen LogP contribution in [0, 0.1) is 6.92 Å². The first-order chi connectivity index (χ1) is 20.1. The van der Waals surface area contributed by atoms with Gasteiger partial charge in [-0.2, -0.15) is 0 Å². The van der Waals surface area contributed by atoms with Crippen molar-refractivity contribution >= 4 is 10.9 Å². The summed E-state index contributed by atoms with van der Waals surface area (Å²) in [6, 6.07) is 19.8. The van der Waals surface area contributed by atoms with Crippen molar-refractivity contribution in [2.75, 3.05) is 7.11 Å². The average Bonchev–Trinajstić information content (AvgIpc) is 3.49. The second kappa shape index (κ2) is 12.0. The van der Waals surface area contributed by atoms with Crippen molar-refractivity contribution in [3.05, 3.63) is 111 Å². The van der Waals surface area contributed by atoms with Crippen molar-refractivity contribution in [1.29, 1.82) is 0 Å². The summed E-state index contributed by atoms with van der Waals surface area (Å²) in [5.74, 6) is 1.48. The summed E-state index contributed by atoms with van der Waals surface area (Å²) >= 11 is 0. The number of tetrazole rings is 1. The van der Waals surface area contributed by atoms with Gasteiger partial charge in [0.15, 0.2) is 5.82 Å². The molecule has 3 aromatic heterocycles. The van der Waals surface area contributed by atoms with E-state index in [1.54, 1.807) is 13.3 Å². The first-order valence-corrected chi connectivity index (χ1v) is 14.3. The van der Waals surface area contributed by atoms with E-state index in [9.17, 15) is 4.79 Å². The van der Waals surface area contributed by atoms with Crippen LogP contribution in [0.3, 0.4) is 0 Å². The molecule has 1 unspecified atom stereocenters. The van der Waals surface area contributed by atoms with E-state index in [4.69, 9.17) is 4.74 Å². The number of aryl methyl sites for hydroxylation is 1. The molecular formula is C32H35N7O2. The Labute approximate surface area is 239 Å². The lowest BCUT2D eigenvalue weighted by molar-refractivity contribution is 0.186. The summed E-state index contributed by atoms with van der Waals surface area (Å²) in [5, 5.41) is 14.3. The molecule has 1 fully saturated rings. The number of fused-ring (bicyclic) bond motifs is 1. The van der Waals surface area contributed by atoms with Crippen molar-refractivity contribution < 1.29 is 4.74 Å². The third-order valence-corrected chi connectivity index (χ3v) is 8.11. The molecule has 1 aliphatic carbocycles. The predicted molar refractivity (Wildman–Crippen MR) is 158 cm³/mol. The number of para-hydroxylation sites is 1. The van der Waals surface area contributed by atoms with Crippen molar-refractivity contribution in [2.24, 2.45) is 0 Å². The number of nitrogens with one attached hydrogen (secondary N) is 1. The molecule has 41 heavy (non-hydrogen) atoms. The molecule has 9 nitrogen and oxygen atoms in total. The summed E-state index contributed by atoms with van der Waals surface area (Å²) in [5.41, 5.74) is 4.48. The Balaban J connectivity index is 1.52. The van der Waals surface area contributed by atoms with Gasteiger partial charge in [0, 0.05) is 31.0 Å². The minimum atomic E-state index is -0.497. The highest BCUT2D eigenvalue weighted by Gasteiger charge is 2.33. The number of hydrogen-bond donors (Lipinski definition) is 1. The zero-order chi connectivity index (χ0) is 28.2. The van der Waals surface area contributed by atoms with Crippen molar-refractivity contribution in [3.63, 3.8) is 0 Å². The summed E-state index contributed by atoms with van der Waals surface area (Å²) < 4.78 is 7.38. The molecule has 0 saturated heterocycles. The maximum Gasteiger partial charge on any atom is 0.253 e. The maximum absolute atomic E-state index is 13.9. The Bertz CT molecular complexity index is 1660. The molecular weight excluding hydrogens is 514 g/mol. The minimum Gasteiger partial charge on any atom is -0.497 e. The van der Waals surface area contributed by atoms with Gasteiger partial charge in [-0.15, -0.1) is 5.10 Å². The number of hydrogen-bond acceptors (Lipinski definition) is 7. The number of aromatic amines is 1. The number of H-pyrrole nitrogens is 1. The van der Waals surface area contributed by atoms with Crippen LogP contribution in [-0.4, -0.2) is 42.2 Å². The van der Waals surface area contributed by atoms with Gasteiger partial charge < -0.3 is 9.72 Å². The van der Waals surface area contributed by atoms with Crippen molar-refractivity contribution in [1.82, 2.24) is 35.1 Å². The molecule has 1 N–H and O–H groups in total. The predicted octanol–water partition coefficient (Wildman–Crippen LogP) is 5.52. The molecule has 0 spiro atoms. The smallest absolute Gasteiger partial charge is 0.253 e. The first-order valence-electron chi connectivity index (χ1n) is 14.3. The van der Waals surface area contributed by atoms with Gasteiger partial charge in [-0.3, -0.25) is 14.7 Å². The molecule has 3 heterocycles. The molecule has 1 aliphatic rings. The number of pyridine rings is 2. The molecule has 0 aliphatic heterocycles. The highest BCUT2D eigenvalue weighted by molar-refractivity contribution is 5.82. The Hall–Kier alpha value is -4.37. The fraction of sp³-hybridized carbons (Fsp3) is 0.344. The lowest BCUT2D eigenvalue weighted by atomic mass is 9.95. The number of rotatable bonds is 9. The monoisotopic (exact) mass is 549 g/mol. The molecule has 9 heteroatoms. The van der Waals surface area contributed by atoms with Gasteiger partial charge in [-0.05, 0) is 76.5 Å². The van der Waals surface area contributed by atoms with Gasteiger partial charge in [0.25, 0.3) is 5.56 Å². The Morgan fingerprint density at radius 2 is 1.83 bits per heavy atom. The number of aromatic nitrogens is 6. The first kappa shape index (κ1) is 26.8. The van der Waals surface area contributed by atoms with E-state index in [1.807, 2.05) is 60.3 Å². The Kier molecular flexibility index (Phi) is 7.86. The van der Waals surface area contributed by atoms with E-state index >= 15 is 0 Å². The van der Waals surface area contributed by atoms with Crippen LogP contribution in [-0.2, 0) is 13.1 Å². The van der Waals surface area contributed by atoms with E-state index < -0.39 is 6.04 Å². The molecule has 0 radical (unpaired) electrons. The maximum atomic E-state index is 13.9. The van der Waals surface area contributed by atoms with Crippen LogP contribution in [0.1, 0.15) is 72.3 Å². The number of ether oxygens (including phenoxy) is 1. The lowest BCUT2D eigenvalue weighted by Gasteiger charge is -2.32. The standard InChI is InChI=1S/C32H35N7O2/c1-22-8-6-10-25-18-28(32(40)34-29(22)25)30(31-35-36-37-39(31)26-11-4-3-5-12-26)38(21-24-9-7-17-33-19-24)20-23-13-15-27(41-2)16-14-23/h6-10,13-19,26,30H,3-5,11-12,20-21H2,1-2H3,(H,34,40). The Morgan fingerprint density at radius 3 is 2.59 bits per heavy atom. The van der Waals surface area contributed by atoms with Gasteiger partial charge in [-0.25, -0.2) is 4.68 Å². The van der Waals surface area contributed by atoms with Crippen molar-refractivity contribution in [2.45, 2.75) is 64.2 Å². The third kappa shape index (κ3) is 5.76. The highest BCUT2D eigenvalue weighted by atomic mass is 16.5. The van der Waals surface area contributed by atoms with Crippen LogP contribution in [0.25, 0.3) is 10.9 Å². The van der Waals surface area contributed by atoms with Gasteiger partial charge in [0.2, 0.25) is 0 Å². The zero-order valence-electron chi connectivity index (χ0n) is 23.5. The molecule has 5 aromatic rings. The fourth-order valence-electron chi connectivity index (χ4n) is 6.00. The molecule has 210 valence electrons. The molecule has 0 amide bonds. The molecule has 2 aromatic carbocycles. The normalized spacial score (nSPS) is 14.9. The molecule has 0 bridgehead atoms. The summed E-state index contributed by atoms with van der Waals surface area (Å²) in [6.07, 6.45) is 9.22. The van der Waals surface area contributed by atoms with Crippen LogP contribution in [0.15, 0.2) is 77.9 Å². The highest BCUT2D eigenvalue weighted by Crippen LogP contribution is 2.34. The van der Waals surface area contributed by atoms with E-state index in [0.717, 1.165) is 59.0 Å². The van der Waals surface area contributed by atoms with Gasteiger partial charge in [0.05, 0.1) is 18.7 Å². The summed E-state index contributed by atoms with van der Waals surface area (Å²) in [6.45, 7) is 3.12. The van der Waals surface area contributed by atoms with E-state index in [0.29, 0.717) is 24.5 Å². The van der Waals surface area contributed by atoms with E-state index in [1.165, 1.54) is 6.42 Å². The van der Waals surface area contributed by atoms with Crippen LogP contribution in [0.4, 0.5) is 0 Å². The second-order valence-electron chi connectivity index (χ2n) is 10.9. The van der Waals surface area contributed by atoms with Crippen molar-refractivity contribution in [3.8, 4) is 5.75 Å². The molecule has 6 rings (SSSR count). The SMILES string of the molecule is COc1ccc(CN(Cc2cccnc2)C(c2cc3cccc(C)c3[nH]c2=O)c2nnnn2C2CCCCC2)cc1. The summed E-state index contributed by atoms with van der Waals surface area (Å²) in [7, 11) is 1.67. The van der Waals surface area contributed by atoms with E-state index in [2.05, 4.69) is 48.6 Å². The summed E-state index contributed by atoms with van der Waals surface area (Å²) in [4.78, 5) is 23.7. The molecule has 1 atom stereocenters. The van der Waals surface area contributed by atoms with Gasteiger partial charge in [0.1, 0.15) is 11.8 Å². The van der Waals surface area contributed by atoms with Crippen LogP contribution >= 0.6 is 0 Å². The lowest BCUT2D eigenvalue weighted by Crippen LogP contribution is -2.35. The number of benzene rings is 2. The van der Waals surface area contributed by atoms with Crippen LogP contribution in [0.2, 0.25) is 0 Å². The van der Waals surface area contributed by atoms with Gasteiger partial charge >= 0.3 is 0 Å². The fourth-order valence-corrected chi connectivity index (χ4v) is 6.00. The van der Waals surface area contributed by atoms with Gasteiger partial charge in [-0.1, -0.05) is 55.7 Å². The minimum absolute atomic E-state index is 0.138. The number of nitrogens with zero attached hydrogens (tertiary/aromatic N) is 6. The topological polar surface area (TPSA) is 102 Å². The second-order valence-corrected chi connectivity index (χ2v) is 10.9. The van der Waals surface area contributed by atoms with Crippen LogP contribution < -0.4 is 10.3 Å². The quantitative estimate of drug-likeness (QED) is 0.258. The van der Waals surface area contributed by atoms with Crippen LogP contribution in [0.5, 0.6) is 5.75 Å². The average molecular weight is 550 g/mol. The molecule has 1 saturated carbocycles. The number of methoxy groups -OCH3 is 1.